The van der Waals surface area contributed by atoms with Crippen LogP contribution in [0.15, 0.2) is 28.9 Å². The number of rotatable bonds is 2. The molecule has 0 aliphatic carbocycles. The zero-order chi connectivity index (χ0) is 11.7. The van der Waals surface area contributed by atoms with E-state index in [9.17, 15) is 10.0 Å². The number of aryl methyl sites for hydroxylation is 1. The molecule has 1 heterocycles. The highest BCUT2D eigenvalue weighted by Crippen LogP contribution is 2.18. The molecule has 1 N–H and O–H groups in total. The Balaban J connectivity index is 2.46. The van der Waals surface area contributed by atoms with Crippen LogP contribution in [0.2, 0.25) is 0 Å². The first-order valence-electron chi connectivity index (χ1n) is 4.49. The van der Waals surface area contributed by atoms with Gasteiger partial charge in [-0.15, -0.1) is 0 Å². The van der Waals surface area contributed by atoms with Gasteiger partial charge in [-0.1, -0.05) is 0 Å². The van der Waals surface area contributed by atoms with Crippen molar-refractivity contribution >= 4 is 5.97 Å². The third-order valence-electron chi connectivity index (χ3n) is 2.18. The van der Waals surface area contributed by atoms with Gasteiger partial charge < -0.3 is 10.3 Å². The summed E-state index contributed by atoms with van der Waals surface area (Å²) in [4.78, 5) is 10.9. The number of hydrogen-bond acceptors (Lipinski definition) is 4. The lowest BCUT2D eigenvalue weighted by Crippen LogP contribution is -2.25. The highest BCUT2D eigenvalue weighted by molar-refractivity contribution is 5.88. The number of benzene rings is 1. The minimum absolute atomic E-state index is 0.162. The Morgan fingerprint density at radius 2 is 2.06 bits per heavy atom. The second kappa shape index (κ2) is 3.65. The van der Waals surface area contributed by atoms with Crippen LogP contribution in [0.1, 0.15) is 16.1 Å². The fourth-order valence-electron chi connectivity index (χ4n) is 1.40. The Hall–Kier alpha value is -2.37. The lowest BCUT2D eigenvalue weighted by atomic mass is 10.1. The second-order valence-corrected chi connectivity index (χ2v) is 3.25. The molecule has 0 unspecified atom stereocenters. The molecule has 6 heteroatoms. The molecule has 0 fully saturated rings. The maximum Gasteiger partial charge on any atom is 0.335 e. The molecule has 0 amide bonds. The van der Waals surface area contributed by atoms with Gasteiger partial charge in [-0.05, 0) is 29.2 Å². The molecule has 1 aromatic carbocycles. The lowest BCUT2D eigenvalue weighted by molar-refractivity contribution is -0.793. The Labute approximate surface area is 90.3 Å². The topological polar surface area (TPSA) is 90.3 Å². The first-order chi connectivity index (χ1) is 7.59. The number of aromatic carboxylic acids is 1. The molecule has 0 atom stereocenters. The third-order valence-corrected chi connectivity index (χ3v) is 2.18. The molecule has 0 bridgehead atoms. The van der Waals surface area contributed by atoms with Gasteiger partial charge in [0.15, 0.2) is 0 Å². The molecule has 0 radical (unpaired) electrons. The Morgan fingerprint density at radius 1 is 1.44 bits per heavy atom. The van der Waals surface area contributed by atoms with Crippen molar-refractivity contribution in [3.05, 3.63) is 40.7 Å². The lowest BCUT2D eigenvalue weighted by Gasteiger charge is -1.98. The van der Waals surface area contributed by atoms with Crippen LogP contribution in [0.4, 0.5) is 0 Å². The quantitative estimate of drug-likeness (QED) is 0.762. The van der Waals surface area contributed by atoms with Gasteiger partial charge in [0, 0.05) is 17.6 Å². The Morgan fingerprint density at radius 3 is 2.50 bits per heavy atom. The first-order valence-corrected chi connectivity index (χ1v) is 4.49. The number of carbonyl (C=O) groups is 1. The van der Waals surface area contributed by atoms with E-state index in [1.165, 1.54) is 24.3 Å². The third kappa shape index (κ3) is 1.60. The summed E-state index contributed by atoms with van der Waals surface area (Å²) in [6.45, 7) is 1.64. The first kappa shape index (κ1) is 10.2. The van der Waals surface area contributed by atoms with E-state index in [0.29, 0.717) is 16.2 Å². The van der Waals surface area contributed by atoms with E-state index in [0.717, 1.165) is 0 Å². The summed E-state index contributed by atoms with van der Waals surface area (Å²) in [6, 6.07) is 5.92. The predicted octanol–water partition coefficient (Wildman–Crippen LogP) is 0.982. The average Bonchev–Trinajstić information content (AvgIpc) is 2.59. The van der Waals surface area contributed by atoms with Gasteiger partial charge in [-0.25, -0.2) is 4.79 Å². The molecular formula is C10H8N2O4. The van der Waals surface area contributed by atoms with Crippen LogP contribution in [0.25, 0.3) is 11.3 Å². The summed E-state index contributed by atoms with van der Waals surface area (Å²) < 4.78 is 4.42. The summed E-state index contributed by atoms with van der Waals surface area (Å²) in [6.07, 6.45) is 0. The van der Waals surface area contributed by atoms with Crippen molar-refractivity contribution in [3.63, 3.8) is 0 Å². The zero-order valence-corrected chi connectivity index (χ0v) is 8.38. The maximum atomic E-state index is 11.2. The van der Waals surface area contributed by atoms with Crippen molar-refractivity contribution in [2.24, 2.45) is 0 Å². The van der Waals surface area contributed by atoms with Crippen molar-refractivity contribution in [2.75, 3.05) is 0 Å². The highest BCUT2D eigenvalue weighted by Gasteiger charge is 2.16. The molecule has 2 rings (SSSR count). The smallest absolute Gasteiger partial charge is 0.335 e. The predicted molar refractivity (Wildman–Crippen MR) is 52.6 cm³/mol. The van der Waals surface area contributed by atoms with E-state index in [-0.39, 0.29) is 11.3 Å². The normalized spacial score (nSPS) is 10.3. The summed E-state index contributed by atoms with van der Waals surface area (Å²) in [5.41, 5.74) is 1.48. The van der Waals surface area contributed by atoms with Gasteiger partial charge in [0.05, 0.1) is 5.56 Å². The number of hydrogen-bond donors (Lipinski definition) is 1. The van der Waals surface area contributed by atoms with Gasteiger partial charge in [-0.2, -0.15) is 0 Å². The van der Waals surface area contributed by atoms with Crippen LogP contribution >= 0.6 is 0 Å². The van der Waals surface area contributed by atoms with Gasteiger partial charge in [0.25, 0.3) is 0 Å². The molecular weight excluding hydrogens is 212 g/mol. The highest BCUT2D eigenvalue weighted by atomic mass is 16.8. The molecule has 82 valence electrons. The molecule has 0 spiro atoms. The SMILES string of the molecule is Cc1no[n+]([O-])c1-c1ccc(C(=O)O)cc1. The largest absolute Gasteiger partial charge is 0.478 e. The van der Waals surface area contributed by atoms with E-state index in [4.69, 9.17) is 5.11 Å². The molecule has 2 aromatic rings. The van der Waals surface area contributed by atoms with Crippen LogP contribution in [0, 0.1) is 12.1 Å². The monoisotopic (exact) mass is 220 g/mol. The number of aromatic nitrogens is 2. The second-order valence-electron chi connectivity index (χ2n) is 3.25. The summed E-state index contributed by atoms with van der Waals surface area (Å²) >= 11 is 0. The molecule has 1 aromatic heterocycles. The standard InChI is InChI=1S/C10H8N2O4/c1-6-9(12(15)16-11-6)7-2-4-8(5-3-7)10(13)14/h2-5H,1H3,(H,13,14). The zero-order valence-electron chi connectivity index (χ0n) is 8.38. The van der Waals surface area contributed by atoms with E-state index in [2.05, 4.69) is 9.79 Å². The summed E-state index contributed by atoms with van der Waals surface area (Å²) in [5, 5.41) is 23.5. The summed E-state index contributed by atoms with van der Waals surface area (Å²) in [5.74, 6) is -1.01. The number of carboxylic acids is 1. The fourth-order valence-corrected chi connectivity index (χ4v) is 1.40. The van der Waals surface area contributed by atoms with E-state index in [1.54, 1.807) is 6.92 Å². The Kier molecular flexibility index (Phi) is 2.32. The van der Waals surface area contributed by atoms with Gasteiger partial charge in [0.2, 0.25) is 11.4 Å². The van der Waals surface area contributed by atoms with Crippen molar-refractivity contribution < 1.29 is 19.4 Å². The van der Waals surface area contributed by atoms with Gasteiger partial charge >= 0.3 is 5.97 Å². The maximum absolute atomic E-state index is 11.2. The van der Waals surface area contributed by atoms with Crippen LogP contribution in [-0.4, -0.2) is 16.2 Å². The fraction of sp³-hybridized carbons (Fsp3) is 0.100. The number of nitrogens with zero attached hydrogens (tertiary/aromatic N) is 2. The van der Waals surface area contributed by atoms with Crippen LogP contribution in [0.3, 0.4) is 0 Å². The minimum Gasteiger partial charge on any atom is -0.478 e. The van der Waals surface area contributed by atoms with E-state index < -0.39 is 5.97 Å². The van der Waals surface area contributed by atoms with Crippen molar-refractivity contribution in [3.8, 4) is 11.3 Å². The number of carboxylic acid groups (broad SMARTS) is 1. The van der Waals surface area contributed by atoms with Crippen molar-refractivity contribution in [1.29, 1.82) is 0 Å². The van der Waals surface area contributed by atoms with Gasteiger partial charge in [-0.3, -0.25) is 4.63 Å². The molecule has 0 saturated carbocycles. The van der Waals surface area contributed by atoms with Crippen molar-refractivity contribution in [2.45, 2.75) is 6.92 Å². The Bertz CT molecular complexity index is 511. The average molecular weight is 220 g/mol. The minimum atomic E-state index is -1.01. The molecule has 0 saturated heterocycles. The van der Waals surface area contributed by atoms with Gasteiger partial charge in [0.1, 0.15) is 0 Å². The van der Waals surface area contributed by atoms with Crippen LogP contribution in [-0.2, 0) is 0 Å². The van der Waals surface area contributed by atoms with E-state index in [1.807, 2.05) is 0 Å². The molecule has 16 heavy (non-hydrogen) atoms. The van der Waals surface area contributed by atoms with Crippen LogP contribution < -0.4 is 4.90 Å². The molecule has 6 nitrogen and oxygen atoms in total. The van der Waals surface area contributed by atoms with Crippen LogP contribution in [0.5, 0.6) is 0 Å². The molecule has 0 aliphatic rings. The van der Waals surface area contributed by atoms with Crippen molar-refractivity contribution in [1.82, 2.24) is 5.16 Å². The summed E-state index contributed by atoms with van der Waals surface area (Å²) in [7, 11) is 0. The molecule has 0 aliphatic heterocycles. The van der Waals surface area contributed by atoms with E-state index >= 15 is 0 Å².